The average molecular weight is 437 g/mol. The van der Waals surface area contributed by atoms with Crippen molar-refractivity contribution in [1.82, 2.24) is 5.32 Å². The van der Waals surface area contributed by atoms with Gasteiger partial charge in [0.15, 0.2) is 0 Å². The number of benzene rings is 3. The summed E-state index contributed by atoms with van der Waals surface area (Å²) in [5, 5.41) is 3.03. The Labute approximate surface area is 184 Å². The van der Waals surface area contributed by atoms with Crippen molar-refractivity contribution < 1.29 is 13.2 Å². The summed E-state index contributed by atoms with van der Waals surface area (Å²) in [6.45, 7) is 8.07. The molecule has 3 aromatic rings. The number of nitrogens with zero attached hydrogens (tertiary/aromatic N) is 1. The molecule has 31 heavy (non-hydrogen) atoms. The molecule has 0 fully saturated rings. The lowest BCUT2D eigenvalue weighted by Crippen LogP contribution is -2.32. The predicted octanol–water partition coefficient (Wildman–Crippen LogP) is 4.93. The topological polar surface area (TPSA) is 66.5 Å². The molecule has 0 heterocycles. The first-order valence-corrected chi connectivity index (χ1v) is 11.6. The van der Waals surface area contributed by atoms with Gasteiger partial charge in [-0.2, -0.15) is 0 Å². The standard InChI is InChI=1S/C25H28N2O3S/c1-17-15-19(3)23(16-18(17)2)20(4)26-25(28)22-13-9-10-14-24(22)27(5)31(29,30)21-11-7-6-8-12-21/h6-16,20H,1-5H3,(H,26,28)/t20-/m0/s1. The zero-order chi connectivity index (χ0) is 22.8. The van der Waals surface area contributed by atoms with Crippen LogP contribution in [0.15, 0.2) is 71.6 Å². The molecule has 1 N–H and O–H groups in total. The van der Waals surface area contributed by atoms with Crippen LogP contribution in [0.5, 0.6) is 0 Å². The van der Waals surface area contributed by atoms with Crippen molar-refractivity contribution in [2.45, 2.75) is 38.6 Å². The molecule has 0 unspecified atom stereocenters. The smallest absolute Gasteiger partial charge is 0.264 e. The Morgan fingerprint density at radius 2 is 1.45 bits per heavy atom. The van der Waals surface area contributed by atoms with Gasteiger partial charge in [0.05, 0.1) is 22.2 Å². The van der Waals surface area contributed by atoms with Gasteiger partial charge in [-0.15, -0.1) is 0 Å². The molecule has 6 heteroatoms. The number of hydrogen-bond acceptors (Lipinski definition) is 3. The van der Waals surface area contributed by atoms with E-state index >= 15 is 0 Å². The third-order valence-electron chi connectivity index (χ3n) is 5.59. The second-order valence-electron chi connectivity index (χ2n) is 7.79. The normalized spacial score (nSPS) is 12.3. The van der Waals surface area contributed by atoms with Crippen LogP contribution in [-0.4, -0.2) is 21.4 Å². The molecule has 0 radical (unpaired) electrons. The van der Waals surface area contributed by atoms with Crippen LogP contribution in [0.25, 0.3) is 0 Å². The molecule has 162 valence electrons. The van der Waals surface area contributed by atoms with Gasteiger partial charge in [0.1, 0.15) is 0 Å². The van der Waals surface area contributed by atoms with E-state index in [9.17, 15) is 13.2 Å². The number of carbonyl (C=O) groups is 1. The minimum absolute atomic E-state index is 0.173. The van der Waals surface area contributed by atoms with Gasteiger partial charge in [-0.25, -0.2) is 8.42 Å². The van der Waals surface area contributed by atoms with E-state index in [0.717, 1.165) is 21.0 Å². The monoisotopic (exact) mass is 436 g/mol. The van der Waals surface area contributed by atoms with E-state index in [0.29, 0.717) is 11.3 Å². The van der Waals surface area contributed by atoms with Crippen LogP contribution in [0.2, 0.25) is 0 Å². The lowest BCUT2D eigenvalue weighted by Gasteiger charge is -2.23. The van der Waals surface area contributed by atoms with Crippen molar-refractivity contribution in [1.29, 1.82) is 0 Å². The van der Waals surface area contributed by atoms with Crippen LogP contribution in [0, 0.1) is 20.8 Å². The Balaban J connectivity index is 1.91. The number of aryl methyl sites for hydroxylation is 3. The molecule has 1 atom stereocenters. The fourth-order valence-electron chi connectivity index (χ4n) is 3.62. The van der Waals surface area contributed by atoms with Crippen molar-refractivity contribution in [3.63, 3.8) is 0 Å². The number of amides is 1. The van der Waals surface area contributed by atoms with Gasteiger partial charge in [-0.05, 0) is 74.2 Å². The minimum atomic E-state index is -3.79. The average Bonchev–Trinajstić information content (AvgIpc) is 2.76. The summed E-state index contributed by atoms with van der Waals surface area (Å²) < 4.78 is 27.3. The summed E-state index contributed by atoms with van der Waals surface area (Å²) in [4.78, 5) is 13.3. The zero-order valence-electron chi connectivity index (χ0n) is 18.5. The lowest BCUT2D eigenvalue weighted by molar-refractivity contribution is 0.0940. The first-order valence-electron chi connectivity index (χ1n) is 10.1. The van der Waals surface area contributed by atoms with E-state index < -0.39 is 10.0 Å². The van der Waals surface area contributed by atoms with Crippen LogP contribution in [0.1, 0.15) is 45.6 Å². The van der Waals surface area contributed by atoms with Crippen molar-refractivity contribution in [2.24, 2.45) is 0 Å². The summed E-state index contributed by atoms with van der Waals surface area (Å²) in [6, 6.07) is 18.9. The van der Waals surface area contributed by atoms with E-state index in [1.807, 2.05) is 20.8 Å². The molecular weight excluding hydrogens is 408 g/mol. The summed E-state index contributed by atoms with van der Waals surface area (Å²) in [6.07, 6.45) is 0. The maximum absolute atomic E-state index is 13.1. The van der Waals surface area contributed by atoms with Gasteiger partial charge in [0.2, 0.25) is 0 Å². The molecule has 0 aliphatic rings. The highest BCUT2D eigenvalue weighted by Gasteiger charge is 2.25. The highest BCUT2D eigenvalue weighted by atomic mass is 32.2. The Bertz CT molecular complexity index is 1200. The Kier molecular flexibility index (Phi) is 6.51. The van der Waals surface area contributed by atoms with Crippen LogP contribution >= 0.6 is 0 Å². The van der Waals surface area contributed by atoms with Gasteiger partial charge < -0.3 is 5.32 Å². The third kappa shape index (κ3) is 4.64. The molecule has 0 aromatic heterocycles. The van der Waals surface area contributed by atoms with E-state index in [1.54, 1.807) is 54.6 Å². The predicted molar refractivity (Wildman–Crippen MR) is 125 cm³/mol. The number of anilines is 1. The maximum atomic E-state index is 13.1. The molecule has 1 amide bonds. The van der Waals surface area contributed by atoms with Gasteiger partial charge in [-0.1, -0.05) is 42.5 Å². The highest BCUT2D eigenvalue weighted by Crippen LogP contribution is 2.27. The number of hydrogen-bond donors (Lipinski definition) is 1. The van der Waals surface area contributed by atoms with Gasteiger partial charge in [0, 0.05) is 7.05 Å². The SMILES string of the molecule is Cc1cc(C)c([C@H](C)NC(=O)c2ccccc2N(C)S(=O)(=O)c2ccccc2)cc1C. The third-order valence-corrected chi connectivity index (χ3v) is 7.37. The Hall–Kier alpha value is -3.12. The molecule has 0 saturated carbocycles. The molecular formula is C25H28N2O3S. The lowest BCUT2D eigenvalue weighted by atomic mass is 9.96. The number of sulfonamides is 1. The first-order chi connectivity index (χ1) is 14.6. The quantitative estimate of drug-likeness (QED) is 0.596. The summed E-state index contributed by atoms with van der Waals surface area (Å²) in [7, 11) is -2.33. The van der Waals surface area contributed by atoms with Crippen LogP contribution in [0.4, 0.5) is 5.69 Å². The van der Waals surface area contributed by atoms with E-state index in [4.69, 9.17) is 0 Å². The molecule has 0 aliphatic heterocycles. The Morgan fingerprint density at radius 3 is 2.13 bits per heavy atom. The summed E-state index contributed by atoms with van der Waals surface area (Å²) in [5.74, 6) is -0.323. The molecule has 3 rings (SSSR count). The minimum Gasteiger partial charge on any atom is -0.345 e. The van der Waals surface area contributed by atoms with Crippen molar-refractivity contribution >= 4 is 21.6 Å². The molecule has 0 aliphatic carbocycles. The summed E-state index contributed by atoms with van der Waals surface area (Å²) >= 11 is 0. The first kappa shape index (κ1) is 22.6. The molecule has 3 aromatic carbocycles. The van der Waals surface area contributed by atoms with Crippen LogP contribution in [0.3, 0.4) is 0 Å². The highest BCUT2D eigenvalue weighted by molar-refractivity contribution is 7.92. The van der Waals surface area contributed by atoms with Gasteiger partial charge in [0.25, 0.3) is 15.9 Å². The van der Waals surface area contributed by atoms with Gasteiger partial charge >= 0.3 is 0 Å². The van der Waals surface area contributed by atoms with Crippen molar-refractivity contribution in [2.75, 3.05) is 11.4 Å². The number of rotatable bonds is 6. The van der Waals surface area contributed by atoms with E-state index in [-0.39, 0.29) is 16.8 Å². The molecule has 0 saturated heterocycles. The maximum Gasteiger partial charge on any atom is 0.264 e. The molecule has 0 spiro atoms. The zero-order valence-corrected chi connectivity index (χ0v) is 19.3. The van der Waals surface area contributed by atoms with Crippen molar-refractivity contribution in [3.8, 4) is 0 Å². The second kappa shape index (κ2) is 8.94. The Morgan fingerprint density at radius 1 is 0.871 bits per heavy atom. The molecule has 0 bridgehead atoms. The van der Waals surface area contributed by atoms with Gasteiger partial charge in [-0.3, -0.25) is 9.10 Å². The fraction of sp³-hybridized carbons (Fsp3) is 0.240. The van der Waals surface area contributed by atoms with E-state index in [1.165, 1.54) is 12.6 Å². The van der Waals surface area contributed by atoms with Crippen LogP contribution in [-0.2, 0) is 10.0 Å². The summed E-state index contributed by atoms with van der Waals surface area (Å²) in [5.41, 5.74) is 5.14. The van der Waals surface area contributed by atoms with Crippen molar-refractivity contribution in [3.05, 3.63) is 94.5 Å². The molecule has 5 nitrogen and oxygen atoms in total. The second-order valence-corrected chi connectivity index (χ2v) is 9.76. The van der Waals surface area contributed by atoms with Crippen LogP contribution < -0.4 is 9.62 Å². The number of carbonyl (C=O) groups excluding carboxylic acids is 1. The number of para-hydroxylation sites is 1. The van der Waals surface area contributed by atoms with E-state index in [2.05, 4.69) is 24.4 Å². The number of nitrogens with one attached hydrogen (secondary N) is 1. The largest absolute Gasteiger partial charge is 0.345 e. The fourth-order valence-corrected chi connectivity index (χ4v) is 4.86.